The van der Waals surface area contributed by atoms with Crippen LogP contribution in [-0.2, 0) is 13.5 Å². The van der Waals surface area contributed by atoms with Crippen molar-refractivity contribution in [2.45, 2.75) is 25.6 Å². The van der Waals surface area contributed by atoms with Crippen LogP contribution < -0.4 is 5.73 Å². The van der Waals surface area contributed by atoms with Crippen LogP contribution in [0.3, 0.4) is 0 Å². The first-order chi connectivity index (χ1) is 6.30. The normalized spacial score (nSPS) is 14.4. The van der Waals surface area contributed by atoms with Crippen LogP contribution >= 0.6 is 0 Å². The number of halogens is 3. The van der Waals surface area contributed by atoms with Gasteiger partial charge >= 0.3 is 6.18 Å². The van der Waals surface area contributed by atoms with Gasteiger partial charge in [-0.1, -0.05) is 0 Å². The van der Waals surface area contributed by atoms with E-state index in [0.29, 0.717) is 5.69 Å². The van der Waals surface area contributed by atoms with E-state index in [9.17, 15) is 13.2 Å². The van der Waals surface area contributed by atoms with Crippen molar-refractivity contribution >= 4 is 0 Å². The molecule has 80 valence electrons. The molecule has 0 aromatic carbocycles. The summed E-state index contributed by atoms with van der Waals surface area (Å²) in [5.41, 5.74) is 6.12. The maximum Gasteiger partial charge on any atom is 0.404 e. The SMILES string of the molecule is Cc1cn(C)nc1CC(N)C(F)(F)F. The van der Waals surface area contributed by atoms with Crippen LogP contribution in [0.25, 0.3) is 0 Å². The van der Waals surface area contributed by atoms with E-state index in [2.05, 4.69) is 5.10 Å². The lowest BCUT2D eigenvalue weighted by atomic mass is 10.1. The molecule has 0 aliphatic rings. The van der Waals surface area contributed by atoms with Gasteiger partial charge in [-0.3, -0.25) is 4.68 Å². The van der Waals surface area contributed by atoms with Crippen LogP contribution in [0, 0.1) is 6.92 Å². The molecule has 0 amide bonds. The summed E-state index contributed by atoms with van der Waals surface area (Å²) in [4.78, 5) is 0. The van der Waals surface area contributed by atoms with Crippen molar-refractivity contribution in [1.29, 1.82) is 0 Å². The second-order valence-corrected chi connectivity index (χ2v) is 3.28. The topological polar surface area (TPSA) is 43.8 Å². The van der Waals surface area contributed by atoms with Gasteiger partial charge in [0.05, 0.1) is 5.69 Å². The number of aromatic nitrogens is 2. The van der Waals surface area contributed by atoms with E-state index >= 15 is 0 Å². The molecule has 0 aliphatic carbocycles. The molecule has 0 aliphatic heterocycles. The average molecular weight is 207 g/mol. The Morgan fingerprint density at radius 2 is 2.14 bits per heavy atom. The van der Waals surface area contributed by atoms with Gasteiger partial charge in [-0.15, -0.1) is 0 Å². The molecule has 2 N–H and O–H groups in total. The van der Waals surface area contributed by atoms with Gasteiger partial charge in [-0.05, 0) is 12.5 Å². The van der Waals surface area contributed by atoms with E-state index in [1.165, 1.54) is 4.68 Å². The Bertz CT molecular complexity index is 316. The number of nitrogens with zero attached hydrogens (tertiary/aromatic N) is 2. The van der Waals surface area contributed by atoms with Gasteiger partial charge < -0.3 is 5.73 Å². The number of alkyl halides is 3. The van der Waals surface area contributed by atoms with Crippen molar-refractivity contribution in [3.8, 4) is 0 Å². The largest absolute Gasteiger partial charge is 0.404 e. The molecule has 14 heavy (non-hydrogen) atoms. The Balaban J connectivity index is 2.74. The first kappa shape index (κ1) is 11.0. The van der Waals surface area contributed by atoms with E-state index in [-0.39, 0.29) is 6.42 Å². The Morgan fingerprint density at radius 3 is 2.50 bits per heavy atom. The van der Waals surface area contributed by atoms with Crippen LogP contribution in [0.2, 0.25) is 0 Å². The van der Waals surface area contributed by atoms with Crippen molar-refractivity contribution in [2.75, 3.05) is 0 Å². The molecule has 0 bridgehead atoms. The summed E-state index contributed by atoms with van der Waals surface area (Å²) < 4.78 is 37.8. The predicted molar refractivity (Wildman–Crippen MR) is 45.7 cm³/mol. The highest BCUT2D eigenvalue weighted by Gasteiger charge is 2.37. The summed E-state index contributed by atoms with van der Waals surface area (Å²) >= 11 is 0. The molecule has 3 nitrogen and oxygen atoms in total. The molecule has 0 saturated carbocycles. The van der Waals surface area contributed by atoms with Crippen LogP contribution in [-0.4, -0.2) is 22.0 Å². The molecular formula is C8H12F3N3. The second kappa shape index (κ2) is 3.61. The van der Waals surface area contributed by atoms with E-state index in [0.717, 1.165) is 5.56 Å². The van der Waals surface area contributed by atoms with Gasteiger partial charge in [0, 0.05) is 19.7 Å². The number of hydrogen-bond acceptors (Lipinski definition) is 2. The third kappa shape index (κ3) is 2.47. The summed E-state index contributed by atoms with van der Waals surface area (Å²) in [5.74, 6) is 0. The number of hydrogen-bond donors (Lipinski definition) is 1. The lowest BCUT2D eigenvalue weighted by molar-refractivity contribution is -0.147. The molecule has 1 aromatic rings. The van der Waals surface area contributed by atoms with Gasteiger partial charge in [0.1, 0.15) is 6.04 Å². The van der Waals surface area contributed by atoms with Crippen LogP contribution in [0.1, 0.15) is 11.3 Å². The lowest BCUT2D eigenvalue weighted by Gasteiger charge is -2.14. The van der Waals surface area contributed by atoms with Crippen LogP contribution in [0.5, 0.6) is 0 Å². The highest BCUT2D eigenvalue weighted by Crippen LogP contribution is 2.21. The monoisotopic (exact) mass is 207 g/mol. The minimum Gasteiger partial charge on any atom is -0.320 e. The van der Waals surface area contributed by atoms with Gasteiger partial charge in [0.2, 0.25) is 0 Å². The summed E-state index contributed by atoms with van der Waals surface area (Å²) in [7, 11) is 1.66. The first-order valence-electron chi connectivity index (χ1n) is 4.12. The summed E-state index contributed by atoms with van der Waals surface area (Å²) in [6.45, 7) is 1.71. The van der Waals surface area contributed by atoms with Crippen molar-refractivity contribution < 1.29 is 13.2 Å². The highest BCUT2D eigenvalue weighted by atomic mass is 19.4. The van der Waals surface area contributed by atoms with E-state index in [4.69, 9.17) is 5.73 Å². The van der Waals surface area contributed by atoms with Crippen molar-refractivity contribution in [3.05, 3.63) is 17.5 Å². The Labute approximate surface area is 79.7 Å². The molecule has 0 radical (unpaired) electrons. The zero-order valence-electron chi connectivity index (χ0n) is 7.97. The molecular weight excluding hydrogens is 195 g/mol. The fraction of sp³-hybridized carbons (Fsp3) is 0.625. The molecule has 1 heterocycles. The van der Waals surface area contributed by atoms with Crippen LogP contribution in [0.15, 0.2) is 6.20 Å². The van der Waals surface area contributed by atoms with Gasteiger partial charge in [0.25, 0.3) is 0 Å². The molecule has 0 spiro atoms. The summed E-state index contributed by atoms with van der Waals surface area (Å²) in [6, 6.07) is -1.84. The predicted octanol–water partition coefficient (Wildman–Crippen LogP) is 1.16. The molecule has 0 fully saturated rings. The summed E-state index contributed by atoms with van der Waals surface area (Å²) in [5, 5.41) is 3.90. The highest BCUT2D eigenvalue weighted by molar-refractivity contribution is 5.16. The number of rotatable bonds is 2. The fourth-order valence-electron chi connectivity index (χ4n) is 1.18. The van der Waals surface area contributed by atoms with E-state index < -0.39 is 12.2 Å². The fourth-order valence-corrected chi connectivity index (χ4v) is 1.18. The zero-order chi connectivity index (χ0) is 10.9. The van der Waals surface area contributed by atoms with Crippen molar-refractivity contribution in [3.63, 3.8) is 0 Å². The maximum atomic E-state index is 12.1. The minimum absolute atomic E-state index is 0.268. The Morgan fingerprint density at radius 1 is 1.57 bits per heavy atom. The quantitative estimate of drug-likeness (QED) is 0.790. The van der Waals surface area contributed by atoms with Crippen LogP contribution in [0.4, 0.5) is 13.2 Å². The van der Waals surface area contributed by atoms with Gasteiger partial charge in [0.15, 0.2) is 0 Å². The zero-order valence-corrected chi connectivity index (χ0v) is 7.97. The average Bonchev–Trinajstić information content (AvgIpc) is 2.28. The molecule has 6 heteroatoms. The van der Waals surface area contributed by atoms with E-state index in [1.54, 1.807) is 20.2 Å². The first-order valence-corrected chi connectivity index (χ1v) is 4.12. The minimum atomic E-state index is -4.36. The smallest absolute Gasteiger partial charge is 0.320 e. The number of aryl methyl sites for hydroxylation is 2. The van der Waals surface area contributed by atoms with Crippen molar-refractivity contribution in [1.82, 2.24) is 9.78 Å². The van der Waals surface area contributed by atoms with Crippen molar-refractivity contribution in [2.24, 2.45) is 12.8 Å². The molecule has 0 saturated heterocycles. The third-order valence-electron chi connectivity index (χ3n) is 1.95. The van der Waals surface area contributed by atoms with Gasteiger partial charge in [-0.25, -0.2) is 0 Å². The molecule has 1 rings (SSSR count). The number of nitrogens with two attached hydrogens (primary N) is 1. The van der Waals surface area contributed by atoms with E-state index in [1.807, 2.05) is 0 Å². The lowest BCUT2D eigenvalue weighted by Crippen LogP contribution is -2.39. The Kier molecular flexibility index (Phi) is 2.84. The molecule has 1 aromatic heterocycles. The maximum absolute atomic E-state index is 12.1. The molecule has 1 atom stereocenters. The standard InChI is InChI=1S/C8H12F3N3/c1-5-4-14(2)13-6(5)3-7(12)8(9,10)11/h4,7H,3,12H2,1-2H3. The third-order valence-corrected chi connectivity index (χ3v) is 1.95. The molecule has 1 unspecified atom stereocenters. The summed E-state index contributed by atoms with van der Waals surface area (Å²) in [6.07, 6.45) is -2.96. The Hall–Kier alpha value is -1.04. The second-order valence-electron chi connectivity index (χ2n) is 3.28. The van der Waals surface area contributed by atoms with Gasteiger partial charge in [-0.2, -0.15) is 18.3 Å².